The third-order valence-corrected chi connectivity index (χ3v) is 3.30. The largest absolute Gasteiger partial charge is 0.287 e. The van der Waals surface area contributed by atoms with Crippen LogP contribution in [0.2, 0.25) is 0 Å². The van der Waals surface area contributed by atoms with Crippen molar-refractivity contribution in [2.24, 2.45) is 0 Å². The molecule has 0 aliphatic carbocycles. The van der Waals surface area contributed by atoms with Crippen molar-refractivity contribution in [3.63, 3.8) is 0 Å². The van der Waals surface area contributed by atoms with Crippen LogP contribution in [-0.2, 0) is 6.54 Å². The van der Waals surface area contributed by atoms with Crippen molar-refractivity contribution in [2.75, 3.05) is 0 Å². The average molecular weight is 296 g/mol. The molecule has 110 valence electrons. The Hall–Kier alpha value is -2.89. The van der Waals surface area contributed by atoms with E-state index in [1.165, 1.54) is 23.4 Å². The Balaban J connectivity index is 1.82. The SMILES string of the molecule is Cc1cccc(Cn2ccc(C(=O)c3cncnc3)n2)c1F. The van der Waals surface area contributed by atoms with Gasteiger partial charge in [-0.15, -0.1) is 0 Å². The summed E-state index contributed by atoms with van der Waals surface area (Å²) in [6.07, 6.45) is 5.89. The van der Waals surface area contributed by atoms with Gasteiger partial charge in [0, 0.05) is 24.2 Å². The molecule has 0 N–H and O–H groups in total. The molecule has 0 saturated heterocycles. The van der Waals surface area contributed by atoms with Gasteiger partial charge in [0.25, 0.3) is 0 Å². The van der Waals surface area contributed by atoms with Crippen molar-refractivity contribution in [3.05, 3.63) is 77.4 Å². The van der Waals surface area contributed by atoms with Gasteiger partial charge in [0.05, 0.1) is 12.1 Å². The average Bonchev–Trinajstić information content (AvgIpc) is 3.00. The molecular formula is C16H13FN4O. The number of halogens is 1. The highest BCUT2D eigenvalue weighted by Crippen LogP contribution is 2.13. The zero-order valence-electron chi connectivity index (χ0n) is 11.9. The molecule has 0 fully saturated rings. The number of rotatable bonds is 4. The first kappa shape index (κ1) is 14.1. The lowest BCUT2D eigenvalue weighted by Crippen LogP contribution is -2.07. The van der Waals surface area contributed by atoms with Crippen molar-refractivity contribution in [1.29, 1.82) is 0 Å². The van der Waals surface area contributed by atoms with E-state index in [2.05, 4.69) is 15.1 Å². The van der Waals surface area contributed by atoms with Crippen LogP contribution in [0.5, 0.6) is 0 Å². The molecule has 0 aliphatic heterocycles. The first-order valence-electron chi connectivity index (χ1n) is 6.72. The highest BCUT2D eigenvalue weighted by atomic mass is 19.1. The maximum atomic E-state index is 14.0. The molecule has 0 amide bonds. The highest BCUT2D eigenvalue weighted by Gasteiger charge is 2.13. The van der Waals surface area contributed by atoms with Crippen molar-refractivity contribution in [1.82, 2.24) is 19.7 Å². The van der Waals surface area contributed by atoms with Gasteiger partial charge < -0.3 is 0 Å². The van der Waals surface area contributed by atoms with E-state index in [1.54, 1.807) is 37.4 Å². The van der Waals surface area contributed by atoms with E-state index in [1.807, 2.05) is 0 Å². The molecule has 22 heavy (non-hydrogen) atoms. The Bertz CT molecular complexity index is 814. The highest BCUT2D eigenvalue weighted by molar-refractivity contribution is 6.07. The van der Waals surface area contributed by atoms with E-state index in [-0.39, 0.29) is 23.8 Å². The zero-order valence-corrected chi connectivity index (χ0v) is 11.9. The molecule has 0 bridgehead atoms. The zero-order chi connectivity index (χ0) is 15.5. The summed E-state index contributed by atoms with van der Waals surface area (Å²) in [6.45, 7) is 1.98. The number of carbonyl (C=O) groups excluding carboxylic acids is 1. The summed E-state index contributed by atoms with van der Waals surface area (Å²) in [7, 11) is 0. The molecule has 0 aliphatic rings. The number of aromatic nitrogens is 4. The molecule has 2 heterocycles. The number of carbonyl (C=O) groups is 1. The molecule has 0 atom stereocenters. The minimum atomic E-state index is -0.260. The monoisotopic (exact) mass is 296 g/mol. The van der Waals surface area contributed by atoms with E-state index in [0.717, 1.165) is 0 Å². The van der Waals surface area contributed by atoms with Gasteiger partial charge >= 0.3 is 0 Å². The Morgan fingerprint density at radius 1 is 1.23 bits per heavy atom. The van der Waals surface area contributed by atoms with Crippen LogP contribution in [0, 0.1) is 12.7 Å². The molecule has 0 saturated carbocycles. The van der Waals surface area contributed by atoms with Crippen LogP contribution in [0.4, 0.5) is 4.39 Å². The van der Waals surface area contributed by atoms with Gasteiger partial charge in [-0.2, -0.15) is 5.10 Å². The van der Waals surface area contributed by atoms with Crippen molar-refractivity contribution >= 4 is 5.78 Å². The van der Waals surface area contributed by atoms with Crippen LogP contribution in [-0.4, -0.2) is 25.5 Å². The maximum absolute atomic E-state index is 14.0. The molecule has 0 radical (unpaired) electrons. The summed E-state index contributed by atoms with van der Waals surface area (Å²) in [5, 5.41) is 4.20. The van der Waals surface area contributed by atoms with Crippen LogP contribution in [0.3, 0.4) is 0 Å². The molecule has 0 spiro atoms. The predicted octanol–water partition coefficient (Wildman–Crippen LogP) is 2.40. The van der Waals surface area contributed by atoms with Crippen molar-refractivity contribution in [2.45, 2.75) is 13.5 Å². The van der Waals surface area contributed by atoms with E-state index in [4.69, 9.17) is 0 Å². The summed E-state index contributed by atoms with van der Waals surface area (Å²) in [5.41, 5.74) is 1.77. The first-order valence-corrected chi connectivity index (χ1v) is 6.72. The van der Waals surface area contributed by atoms with E-state index < -0.39 is 0 Å². The minimum Gasteiger partial charge on any atom is -0.287 e. The second kappa shape index (κ2) is 5.85. The predicted molar refractivity (Wildman–Crippen MR) is 77.9 cm³/mol. The summed E-state index contributed by atoms with van der Waals surface area (Å²) >= 11 is 0. The van der Waals surface area contributed by atoms with Gasteiger partial charge in [0.1, 0.15) is 17.8 Å². The van der Waals surface area contributed by atoms with Crippen LogP contribution in [0.15, 0.2) is 49.2 Å². The second-order valence-electron chi connectivity index (χ2n) is 4.90. The Kier molecular flexibility index (Phi) is 3.74. The van der Waals surface area contributed by atoms with E-state index in [0.29, 0.717) is 16.7 Å². The summed E-state index contributed by atoms with van der Waals surface area (Å²) in [6, 6.07) is 6.82. The van der Waals surface area contributed by atoms with Gasteiger partial charge in [-0.1, -0.05) is 18.2 Å². The molecule has 3 aromatic rings. The van der Waals surface area contributed by atoms with Crippen LogP contribution in [0.1, 0.15) is 27.2 Å². The van der Waals surface area contributed by atoms with Gasteiger partial charge in [-0.25, -0.2) is 14.4 Å². The third-order valence-electron chi connectivity index (χ3n) is 3.30. The molecule has 1 aromatic carbocycles. The van der Waals surface area contributed by atoms with Gasteiger partial charge in [-0.05, 0) is 18.6 Å². The number of nitrogens with zero attached hydrogens (tertiary/aromatic N) is 4. The van der Waals surface area contributed by atoms with Crippen molar-refractivity contribution in [3.8, 4) is 0 Å². The quantitative estimate of drug-likeness (QED) is 0.694. The van der Waals surface area contributed by atoms with E-state index >= 15 is 0 Å². The fraction of sp³-hybridized carbons (Fsp3) is 0.125. The topological polar surface area (TPSA) is 60.7 Å². The molecule has 0 unspecified atom stereocenters. The van der Waals surface area contributed by atoms with Gasteiger partial charge in [0.2, 0.25) is 5.78 Å². The lowest BCUT2D eigenvalue weighted by atomic mass is 10.1. The van der Waals surface area contributed by atoms with E-state index in [9.17, 15) is 9.18 Å². The summed E-state index contributed by atoms with van der Waals surface area (Å²) in [4.78, 5) is 19.8. The van der Waals surface area contributed by atoms with Gasteiger partial charge in [0.15, 0.2) is 0 Å². The second-order valence-corrected chi connectivity index (χ2v) is 4.90. The molecule has 3 rings (SSSR count). The molecule has 6 heteroatoms. The lowest BCUT2D eigenvalue weighted by molar-refractivity contribution is 0.103. The van der Waals surface area contributed by atoms with Crippen LogP contribution < -0.4 is 0 Å². The standard InChI is InChI=1S/C16H13FN4O/c1-11-3-2-4-12(15(11)17)9-21-6-5-14(20-21)16(22)13-7-18-10-19-8-13/h2-8,10H,9H2,1H3. The number of benzene rings is 1. The minimum absolute atomic E-state index is 0.248. The third kappa shape index (κ3) is 2.76. The smallest absolute Gasteiger partial charge is 0.216 e. The number of aryl methyl sites for hydroxylation is 1. The first-order chi connectivity index (χ1) is 10.6. The number of ketones is 1. The maximum Gasteiger partial charge on any atom is 0.216 e. The van der Waals surface area contributed by atoms with Crippen LogP contribution in [0.25, 0.3) is 0 Å². The van der Waals surface area contributed by atoms with Crippen LogP contribution >= 0.6 is 0 Å². The number of hydrogen-bond donors (Lipinski definition) is 0. The number of hydrogen-bond acceptors (Lipinski definition) is 4. The Labute approximate surface area is 126 Å². The fourth-order valence-electron chi connectivity index (χ4n) is 2.14. The lowest BCUT2D eigenvalue weighted by Gasteiger charge is -2.05. The molecular weight excluding hydrogens is 283 g/mol. The fourth-order valence-corrected chi connectivity index (χ4v) is 2.14. The molecule has 5 nitrogen and oxygen atoms in total. The Morgan fingerprint density at radius 2 is 2.00 bits per heavy atom. The summed E-state index contributed by atoms with van der Waals surface area (Å²) < 4.78 is 15.5. The summed E-state index contributed by atoms with van der Waals surface area (Å²) in [5.74, 6) is -0.508. The molecule has 2 aromatic heterocycles. The Morgan fingerprint density at radius 3 is 2.77 bits per heavy atom. The van der Waals surface area contributed by atoms with Crippen molar-refractivity contribution < 1.29 is 9.18 Å². The normalized spacial score (nSPS) is 10.6. The van der Waals surface area contributed by atoms with Gasteiger partial charge in [-0.3, -0.25) is 9.48 Å².